The van der Waals surface area contributed by atoms with Crippen LogP contribution in [0.2, 0.25) is 0 Å². The van der Waals surface area contributed by atoms with Gasteiger partial charge in [0.1, 0.15) is 0 Å². The van der Waals surface area contributed by atoms with Gasteiger partial charge in [-0.1, -0.05) is 12.1 Å². The standard InChI is InChI=1S/C15H16BN3O3S/c16-23(21,22)18-9-11-3-5-14-12(8-11)4-6-15(20)19(14)13-2-1-7-17-10-13/h1-3,5,7-8,10,18H,4,6,9,16H2. The monoisotopic (exact) mass is 329 g/mol. The van der Waals surface area contributed by atoms with Crippen molar-refractivity contribution in [2.75, 3.05) is 4.90 Å². The molecule has 1 N–H and O–H groups in total. The molecular formula is C15H16BN3O3S. The van der Waals surface area contributed by atoms with Crippen molar-refractivity contribution in [2.24, 2.45) is 0 Å². The number of hydrogen-bond donors (Lipinski definition) is 1. The van der Waals surface area contributed by atoms with E-state index in [1.165, 1.54) is 0 Å². The summed E-state index contributed by atoms with van der Waals surface area (Å²) in [5.41, 5.74) is 3.47. The fraction of sp³-hybridized carbons (Fsp3) is 0.200. The van der Waals surface area contributed by atoms with E-state index < -0.39 is 9.87 Å². The van der Waals surface area contributed by atoms with E-state index in [9.17, 15) is 13.2 Å². The molecule has 1 aliphatic heterocycles. The highest BCUT2D eigenvalue weighted by Gasteiger charge is 2.25. The maximum Gasteiger partial charge on any atom is 0.275 e. The Bertz CT molecular complexity index is 840. The lowest BCUT2D eigenvalue weighted by molar-refractivity contribution is -0.118. The van der Waals surface area contributed by atoms with Gasteiger partial charge in [-0.2, -0.15) is 0 Å². The fourth-order valence-electron chi connectivity index (χ4n) is 2.64. The molecular weight excluding hydrogens is 313 g/mol. The smallest absolute Gasteiger partial charge is 0.275 e. The molecule has 1 aliphatic rings. The Labute approximate surface area is 135 Å². The number of nitrogens with zero attached hydrogens (tertiary/aromatic N) is 2. The maximum absolute atomic E-state index is 12.3. The number of aryl methyl sites for hydroxylation is 1. The molecule has 118 valence electrons. The number of nitrogens with one attached hydrogen (secondary N) is 1. The van der Waals surface area contributed by atoms with Crippen molar-refractivity contribution < 1.29 is 13.2 Å². The van der Waals surface area contributed by atoms with Crippen molar-refractivity contribution >= 4 is 34.3 Å². The summed E-state index contributed by atoms with van der Waals surface area (Å²) in [7, 11) is -2.10. The SMILES string of the molecule is BS(=O)(=O)NCc1ccc2c(c1)CCC(=O)N2c1cccnc1. The number of benzene rings is 1. The highest BCUT2D eigenvalue weighted by Crippen LogP contribution is 2.34. The minimum atomic E-state index is -3.23. The van der Waals surface area contributed by atoms with E-state index in [1.54, 1.807) is 23.4 Å². The summed E-state index contributed by atoms with van der Waals surface area (Å²) >= 11 is 0. The van der Waals surface area contributed by atoms with Gasteiger partial charge < -0.3 is 0 Å². The number of carbonyl (C=O) groups excluding carboxylic acids is 1. The minimum absolute atomic E-state index is 0.0347. The average molecular weight is 329 g/mol. The summed E-state index contributed by atoms with van der Waals surface area (Å²) in [5.74, 6) is 0.0347. The van der Waals surface area contributed by atoms with Crippen molar-refractivity contribution in [3.63, 3.8) is 0 Å². The van der Waals surface area contributed by atoms with E-state index in [0.29, 0.717) is 12.8 Å². The lowest BCUT2D eigenvalue weighted by atomic mass is 9.98. The second kappa shape index (κ2) is 6.13. The third-order valence-electron chi connectivity index (χ3n) is 3.69. The second-order valence-corrected chi connectivity index (χ2v) is 7.33. The van der Waals surface area contributed by atoms with Crippen LogP contribution in [0.25, 0.3) is 0 Å². The Morgan fingerprint density at radius 1 is 1.26 bits per heavy atom. The van der Waals surface area contributed by atoms with Crippen molar-refractivity contribution in [2.45, 2.75) is 19.4 Å². The minimum Gasteiger partial charge on any atom is -0.279 e. The van der Waals surface area contributed by atoms with Crippen molar-refractivity contribution in [1.82, 2.24) is 9.71 Å². The zero-order valence-electron chi connectivity index (χ0n) is 12.7. The Hall–Kier alpha value is -2.19. The highest BCUT2D eigenvalue weighted by molar-refractivity contribution is 8.10. The van der Waals surface area contributed by atoms with Crippen molar-refractivity contribution in [1.29, 1.82) is 0 Å². The van der Waals surface area contributed by atoms with Crippen LogP contribution in [0.1, 0.15) is 17.5 Å². The van der Waals surface area contributed by atoms with E-state index in [4.69, 9.17) is 0 Å². The molecule has 0 fully saturated rings. The van der Waals surface area contributed by atoms with E-state index in [1.807, 2.05) is 24.3 Å². The third kappa shape index (κ3) is 3.60. The number of hydrogen-bond acceptors (Lipinski definition) is 4. The molecule has 0 atom stereocenters. The Morgan fingerprint density at radius 2 is 2.09 bits per heavy atom. The van der Waals surface area contributed by atoms with Gasteiger partial charge in [0.25, 0.3) is 7.12 Å². The molecule has 8 heteroatoms. The van der Waals surface area contributed by atoms with Gasteiger partial charge in [0, 0.05) is 19.2 Å². The van der Waals surface area contributed by atoms with Crippen LogP contribution in [0.3, 0.4) is 0 Å². The Morgan fingerprint density at radius 3 is 2.78 bits per heavy atom. The number of fused-ring (bicyclic) bond motifs is 1. The first kappa shape index (κ1) is 15.7. The first-order valence-electron chi connectivity index (χ1n) is 7.23. The number of rotatable bonds is 4. The van der Waals surface area contributed by atoms with Crippen LogP contribution in [0.15, 0.2) is 42.7 Å². The molecule has 6 nitrogen and oxygen atoms in total. The van der Waals surface area contributed by atoms with E-state index in [2.05, 4.69) is 9.71 Å². The Balaban J connectivity index is 1.93. The molecule has 0 spiro atoms. The molecule has 3 rings (SSSR count). The number of aromatic nitrogens is 1. The Kier molecular flexibility index (Phi) is 4.19. The first-order valence-corrected chi connectivity index (χ1v) is 9.12. The fourth-order valence-corrected chi connectivity index (χ4v) is 3.07. The van der Waals surface area contributed by atoms with Crippen molar-refractivity contribution in [3.05, 3.63) is 53.9 Å². The summed E-state index contributed by atoms with van der Waals surface area (Å²) in [6.45, 7) is 0.243. The predicted molar refractivity (Wildman–Crippen MR) is 90.4 cm³/mol. The maximum atomic E-state index is 12.3. The normalized spacial score (nSPS) is 14.6. The van der Waals surface area contributed by atoms with Crippen LogP contribution in [0.5, 0.6) is 0 Å². The van der Waals surface area contributed by atoms with Crippen LogP contribution < -0.4 is 9.62 Å². The molecule has 23 heavy (non-hydrogen) atoms. The van der Waals surface area contributed by atoms with Crippen molar-refractivity contribution in [3.8, 4) is 0 Å². The van der Waals surface area contributed by atoms with Crippen LogP contribution in [0.4, 0.5) is 11.4 Å². The van der Waals surface area contributed by atoms with E-state index in [-0.39, 0.29) is 12.5 Å². The molecule has 1 amide bonds. The predicted octanol–water partition coefficient (Wildman–Crippen LogP) is 0.660. The van der Waals surface area contributed by atoms with Gasteiger partial charge in [0.2, 0.25) is 5.91 Å². The zero-order chi connectivity index (χ0) is 16.4. The lowest BCUT2D eigenvalue weighted by Crippen LogP contribution is -2.31. The van der Waals surface area contributed by atoms with E-state index in [0.717, 1.165) is 29.6 Å². The molecule has 1 aromatic heterocycles. The molecule has 2 heterocycles. The number of amides is 1. The lowest BCUT2D eigenvalue weighted by Gasteiger charge is -2.29. The summed E-state index contributed by atoms with van der Waals surface area (Å²) in [5, 5.41) is 0. The third-order valence-corrected chi connectivity index (χ3v) is 4.35. The topological polar surface area (TPSA) is 79.4 Å². The van der Waals surface area contributed by atoms with Gasteiger partial charge in [0.15, 0.2) is 9.87 Å². The highest BCUT2D eigenvalue weighted by atomic mass is 32.2. The number of pyridine rings is 1. The average Bonchev–Trinajstić information content (AvgIpc) is 2.53. The molecule has 0 radical (unpaired) electrons. The molecule has 2 aromatic rings. The van der Waals surface area contributed by atoms with Crippen LogP contribution in [0, 0.1) is 0 Å². The van der Waals surface area contributed by atoms with Gasteiger partial charge in [-0.05, 0) is 35.7 Å². The quantitative estimate of drug-likeness (QED) is 0.836. The van der Waals surface area contributed by atoms with Gasteiger partial charge >= 0.3 is 0 Å². The van der Waals surface area contributed by atoms with Crippen LogP contribution in [-0.2, 0) is 27.6 Å². The molecule has 0 saturated heterocycles. The largest absolute Gasteiger partial charge is 0.279 e. The molecule has 0 bridgehead atoms. The zero-order valence-corrected chi connectivity index (χ0v) is 13.5. The van der Waals surface area contributed by atoms with Gasteiger partial charge in [0.05, 0.1) is 17.6 Å². The summed E-state index contributed by atoms with van der Waals surface area (Å²) in [6.07, 6.45) is 4.40. The summed E-state index contributed by atoms with van der Waals surface area (Å²) < 4.78 is 24.9. The van der Waals surface area contributed by atoms with Crippen LogP contribution in [-0.4, -0.2) is 26.4 Å². The second-order valence-electron chi connectivity index (χ2n) is 5.50. The molecule has 1 aromatic carbocycles. The first-order chi connectivity index (χ1) is 10.9. The van der Waals surface area contributed by atoms with Crippen LogP contribution >= 0.6 is 0 Å². The molecule has 0 saturated carbocycles. The van der Waals surface area contributed by atoms with Gasteiger partial charge in [-0.3, -0.25) is 14.7 Å². The molecule has 0 unspecified atom stereocenters. The number of anilines is 2. The molecule has 0 aliphatic carbocycles. The summed E-state index contributed by atoms with van der Waals surface area (Å²) in [4.78, 5) is 18.0. The summed E-state index contributed by atoms with van der Waals surface area (Å²) in [6, 6.07) is 9.28. The van der Waals surface area contributed by atoms with Gasteiger partial charge in [-0.25, -0.2) is 13.1 Å². The number of carbonyl (C=O) groups is 1. The van der Waals surface area contributed by atoms with E-state index >= 15 is 0 Å². The van der Waals surface area contributed by atoms with Gasteiger partial charge in [-0.15, -0.1) is 0 Å².